The van der Waals surface area contributed by atoms with Gasteiger partial charge in [-0.15, -0.1) is 0 Å². The average Bonchev–Trinajstić information content (AvgIpc) is 2.36. The van der Waals surface area contributed by atoms with E-state index in [0.717, 1.165) is 0 Å². The molecule has 0 atom stereocenters. The van der Waals surface area contributed by atoms with E-state index in [2.05, 4.69) is 5.32 Å². The number of methoxy groups -OCH3 is 1. The predicted octanol–water partition coefficient (Wildman–Crippen LogP) is 1.83. The second kappa shape index (κ2) is 6.64. The zero-order valence-corrected chi connectivity index (χ0v) is 10.7. The van der Waals surface area contributed by atoms with Gasteiger partial charge in [-0.25, -0.2) is 4.79 Å². The van der Waals surface area contributed by atoms with Crippen LogP contribution in [0.2, 0.25) is 0 Å². The van der Waals surface area contributed by atoms with Gasteiger partial charge >= 0.3 is 11.9 Å². The van der Waals surface area contributed by atoms with Crippen molar-refractivity contribution < 1.29 is 19.1 Å². The Hall–Kier alpha value is -2.04. The number of hydrogen-bond donors (Lipinski definition) is 1. The van der Waals surface area contributed by atoms with Gasteiger partial charge in [0.25, 0.3) is 0 Å². The molecule has 0 saturated carbocycles. The first-order valence-electron chi connectivity index (χ1n) is 5.65. The van der Waals surface area contributed by atoms with E-state index in [1.54, 1.807) is 24.3 Å². The van der Waals surface area contributed by atoms with Crippen molar-refractivity contribution in [2.24, 2.45) is 5.92 Å². The summed E-state index contributed by atoms with van der Waals surface area (Å²) in [6.45, 7) is 4.01. The smallest absolute Gasteiger partial charge is 0.397 e. The predicted molar refractivity (Wildman–Crippen MR) is 67.4 cm³/mol. The molecule has 0 aromatic heterocycles. The molecule has 5 nitrogen and oxygen atoms in total. The molecule has 0 fully saturated rings. The van der Waals surface area contributed by atoms with Gasteiger partial charge in [0.2, 0.25) is 0 Å². The largest absolute Gasteiger partial charge is 0.495 e. The van der Waals surface area contributed by atoms with Crippen molar-refractivity contribution in [1.82, 2.24) is 0 Å². The molecule has 18 heavy (non-hydrogen) atoms. The molecule has 0 spiro atoms. The summed E-state index contributed by atoms with van der Waals surface area (Å²) in [6, 6.07) is 6.84. The maximum absolute atomic E-state index is 11.6. The second-order valence-corrected chi connectivity index (χ2v) is 4.15. The van der Waals surface area contributed by atoms with E-state index in [9.17, 15) is 9.59 Å². The Morgan fingerprint density at radius 1 is 1.28 bits per heavy atom. The highest BCUT2D eigenvalue weighted by Gasteiger charge is 2.17. The Kier molecular flexibility index (Phi) is 5.17. The molecule has 0 saturated heterocycles. The van der Waals surface area contributed by atoms with E-state index < -0.39 is 11.9 Å². The fourth-order valence-electron chi connectivity index (χ4n) is 1.23. The normalized spacial score (nSPS) is 10.0. The van der Waals surface area contributed by atoms with Crippen LogP contribution < -0.4 is 10.1 Å². The number of carbonyl (C=O) groups is 2. The van der Waals surface area contributed by atoms with E-state index in [0.29, 0.717) is 11.4 Å². The Balaban J connectivity index is 2.61. The first-order chi connectivity index (χ1) is 8.54. The lowest BCUT2D eigenvalue weighted by Gasteiger charge is -2.10. The summed E-state index contributed by atoms with van der Waals surface area (Å²) in [5, 5.41) is 2.45. The summed E-state index contributed by atoms with van der Waals surface area (Å²) in [7, 11) is 1.49. The molecular formula is C13H17NO4. The molecule has 5 heteroatoms. The minimum absolute atomic E-state index is 0.188. The van der Waals surface area contributed by atoms with Crippen LogP contribution >= 0.6 is 0 Å². The van der Waals surface area contributed by atoms with Gasteiger partial charge in [0.1, 0.15) is 5.75 Å². The third-order valence-corrected chi connectivity index (χ3v) is 2.09. The summed E-state index contributed by atoms with van der Waals surface area (Å²) in [4.78, 5) is 22.9. The van der Waals surface area contributed by atoms with Crippen molar-refractivity contribution in [3.05, 3.63) is 24.3 Å². The lowest BCUT2D eigenvalue weighted by atomic mass is 10.2. The number of esters is 1. The minimum atomic E-state index is -0.894. The fraction of sp³-hybridized carbons (Fsp3) is 0.385. The number of rotatable bonds is 4. The zero-order chi connectivity index (χ0) is 13.5. The van der Waals surface area contributed by atoms with Gasteiger partial charge in [0.05, 0.1) is 19.4 Å². The lowest BCUT2D eigenvalue weighted by molar-refractivity contribution is -0.153. The molecule has 0 unspecified atom stereocenters. The Bertz CT molecular complexity index is 429. The van der Waals surface area contributed by atoms with Crippen LogP contribution in [0.25, 0.3) is 0 Å². The number of hydrogen-bond acceptors (Lipinski definition) is 4. The van der Waals surface area contributed by atoms with Crippen molar-refractivity contribution >= 4 is 17.6 Å². The summed E-state index contributed by atoms with van der Waals surface area (Å²) in [5.74, 6) is -1.02. The Morgan fingerprint density at radius 3 is 2.56 bits per heavy atom. The Labute approximate surface area is 106 Å². The van der Waals surface area contributed by atoms with E-state index in [1.807, 2.05) is 13.8 Å². The number of carbonyl (C=O) groups excluding carboxylic acids is 2. The number of anilines is 1. The molecule has 0 radical (unpaired) electrons. The third kappa shape index (κ3) is 4.08. The number of nitrogens with one attached hydrogen (secondary N) is 1. The van der Waals surface area contributed by atoms with Gasteiger partial charge < -0.3 is 14.8 Å². The van der Waals surface area contributed by atoms with Crippen LogP contribution in [0.3, 0.4) is 0 Å². The highest BCUT2D eigenvalue weighted by atomic mass is 16.5. The number of ether oxygens (including phenoxy) is 2. The molecule has 1 N–H and O–H groups in total. The van der Waals surface area contributed by atoms with Crippen molar-refractivity contribution in [2.75, 3.05) is 19.0 Å². The number of benzene rings is 1. The zero-order valence-electron chi connectivity index (χ0n) is 10.7. The standard InChI is InChI=1S/C13H17NO4/c1-9(2)8-18-13(16)12(15)14-10-6-4-5-7-11(10)17-3/h4-7,9H,8H2,1-3H3,(H,14,15). The quantitative estimate of drug-likeness (QED) is 0.655. The SMILES string of the molecule is COc1ccccc1NC(=O)C(=O)OCC(C)C. The highest BCUT2D eigenvalue weighted by molar-refractivity contribution is 6.37. The molecule has 1 rings (SSSR count). The van der Waals surface area contributed by atoms with Crippen LogP contribution in [0.5, 0.6) is 5.75 Å². The molecule has 1 aromatic rings. The second-order valence-electron chi connectivity index (χ2n) is 4.15. The van der Waals surface area contributed by atoms with Gasteiger partial charge in [-0.3, -0.25) is 4.79 Å². The average molecular weight is 251 g/mol. The van der Waals surface area contributed by atoms with E-state index in [-0.39, 0.29) is 12.5 Å². The van der Waals surface area contributed by atoms with Crippen LogP contribution in [0, 0.1) is 5.92 Å². The van der Waals surface area contributed by atoms with Gasteiger partial charge in [0, 0.05) is 0 Å². The highest BCUT2D eigenvalue weighted by Crippen LogP contribution is 2.22. The van der Waals surface area contributed by atoms with Crippen LogP contribution in [0.4, 0.5) is 5.69 Å². The van der Waals surface area contributed by atoms with Crippen LogP contribution in [-0.2, 0) is 14.3 Å². The molecule has 0 aliphatic rings. The number of para-hydroxylation sites is 2. The Morgan fingerprint density at radius 2 is 1.94 bits per heavy atom. The van der Waals surface area contributed by atoms with E-state index in [4.69, 9.17) is 9.47 Å². The molecule has 0 bridgehead atoms. The van der Waals surface area contributed by atoms with Crippen molar-refractivity contribution in [3.63, 3.8) is 0 Å². The molecule has 98 valence electrons. The molecule has 0 aliphatic carbocycles. The topological polar surface area (TPSA) is 64.6 Å². The van der Waals surface area contributed by atoms with Gasteiger partial charge in [-0.05, 0) is 18.1 Å². The van der Waals surface area contributed by atoms with E-state index >= 15 is 0 Å². The maximum atomic E-state index is 11.6. The third-order valence-electron chi connectivity index (χ3n) is 2.09. The summed E-state index contributed by atoms with van der Waals surface area (Å²) in [6.07, 6.45) is 0. The molecular weight excluding hydrogens is 234 g/mol. The first kappa shape index (κ1) is 14.0. The monoisotopic (exact) mass is 251 g/mol. The molecule has 0 aliphatic heterocycles. The van der Waals surface area contributed by atoms with Crippen LogP contribution in [0.15, 0.2) is 24.3 Å². The van der Waals surface area contributed by atoms with E-state index in [1.165, 1.54) is 7.11 Å². The van der Waals surface area contributed by atoms with Crippen molar-refractivity contribution in [3.8, 4) is 5.75 Å². The summed E-state index contributed by atoms with van der Waals surface area (Å²) >= 11 is 0. The van der Waals surface area contributed by atoms with Crippen LogP contribution in [0.1, 0.15) is 13.8 Å². The maximum Gasteiger partial charge on any atom is 0.397 e. The van der Waals surface area contributed by atoms with Crippen molar-refractivity contribution in [1.29, 1.82) is 0 Å². The summed E-state index contributed by atoms with van der Waals surface area (Å²) < 4.78 is 9.88. The fourth-order valence-corrected chi connectivity index (χ4v) is 1.23. The minimum Gasteiger partial charge on any atom is -0.495 e. The van der Waals surface area contributed by atoms with Gasteiger partial charge in [-0.1, -0.05) is 26.0 Å². The summed E-state index contributed by atoms with van der Waals surface area (Å²) in [5.41, 5.74) is 0.437. The van der Waals surface area contributed by atoms with Crippen LogP contribution in [-0.4, -0.2) is 25.6 Å². The number of amides is 1. The molecule has 0 heterocycles. The lowest BCUT2D eigenvalue weighted by Crippen LogP contribution is -2.26. The first-order valence-corrected chi connectivity index (χ1v) is 5.65. The van der Waals surface area contributed by atoms with Gasteiger partial charge in [0.15, 0.2) is 0 Å². The van der Waals surface area contributed by atoms with Gasteiger partial charge in [-0.2, -0.15) is 0 Å². The molecule has 1 aromatic carbocycles. The molecule has 1 amide bonds. The van der Waals surface area contributed by atoms with Crippen molar-refractivity contribution in [2.45, 2.75) is 13.8 Å².